The van der Waals surface area contributed by atoms with E-state index < -0.39 is 65.3 Å². The van der Waals surface area contributed by atoms with E-state index in [0.29, 0.717) is 0 Å². The van der Waals surface area contributed by atoms with Crippen LogP contribution in [0.3, 0.4) is 0 Å². The van der Waals surface area contributed by atoms with Crippen molar-refractivity contribution in [1.29, 1.82) is 0 Å². The van der Waals surface area contributed by atoms with Crippen molar-refractivity contribution in [2.45, 2.75) is 67.5 Å². The molecule has 6 radical (unpaired) electrons. The van der Waals surface area contributed by atoms with Gasteiger partial charge in [0.25, 0.3) is 5.92 Å². The van der Waals surface area contributed by atoms with Crippen molar-refractivity contribution >= 4 is 41.0 Å². The van der Waals surface area contributed by atoms with Crippen molar-refractivity contribution in [3.8, 4) is 0 Å². The SMILES string of the molecule is [B]C1([B])CCC(c2nc(NC3CC(F)(F)C3)nc(N[C@@H](C)C(F)(F)F)n2)=C(F)C1([B])O. The number of nitrogens with one attached hydrogen (secondary N) is 2. The number of aliphatic hydroxyl groups is 1. The number of allylic oxidation sites excluding steroid dienone is 1. The lowest BCUT2D eigenvalue weighted by atomic mass is 9.37. The van der Waals surface area contributed by atoms with Crippen LogP contribution in [0.15, 0.2) is 5.83 Å². The molecule has 0 aromatic carbocycles. The van der Waals surface area contributed by atoms with Crippen molar-refractivity contribution in [2.75, 3.05) is 10.6 Å². The molecule has 0 amide bonds. The molecule has 1 unspecified atom stereocenters. The highest BCUT2D eigenvalue weighted by Gasteiger charge is 2.47. The molecule has 0 saturated heterocycles. The molecule has 2 atom stereocenters. The molecule has 0 bridgehead atoms. The predicted molar refractivity (Wildman–Crippen MR) is 103 cm³/mol. The fourth-order valence-electron chi connectivity index (χ4n) is 3.14. The lowest BCUT2D eigenvalue weighted by molar-refractivity contribution is -0.138. The van der Waals surface area contributed by atoms with E-state index in [1.807, 2.05) is 5.32 Å². The van der Waals surface area contributed by atoms with E-state index in [1.54, 1.807) is 0 Å². The lowest BCUT2D eigenvalue weighted by Crippen LogP contribution is -2.48. The molecule has 2 aliphatic rings. The quantitative estimate of drug-likeness (QED) is 0.481. The molecule has 1 aromatic heterocycles. The van der Waals surface area contributed by atoms with Gasteiger partial charge in [-0.15, -0.1) is 0 Å². The first-order valence-corrected chi connectivity index (χ1v) is 9.24. The molecule has 2 aliphatic carbocycles. The average Bonchev–Trinajstić information content (AvgIpc) is 2.57. The fraction of sp³-hybridized carbons (Fsp3) is 0.688. The number of nitrogens with zero attached hydrogens (tertiary/aromatic N) is 3. The first-order valence-electron chi connectivity index (χ1n) is 9.24. The van der Waals surface area contributed by atoms with Gasteiger partial charge in [-0.25, -0.2) is 13.2 Å². The number of hydrogen-bond donors (Lipinski definition) is 3. The van der Waals surface area contributed by atoms with E-state index in [-0.39, 0.29) is 24.4 Å². The van der Waals surface area contributed by atoms with Gasteiger partial charge in [0, 0.05) is 24.5 Å². The zero-order chi connectivity index (χ0) is 23.4. The summed E-state index contributed by atoms with van der Waals surface area (Å²) in [6, 6.07) is -2.82. The molecule has 0 spiro atoms. The van der Waals surface area contributed by atoms with E-state index >= 15 is 0 Å². The van der Waals surface area contributed by atoms with Gasteiger partial charge in [-0.2, -0.15) is 28.1 Å². The van der Waals surface area contributed by atoms with Crippen LogP contribution in [0.2, 0.25) is 5.21 Å². The molecular weight excluding hydrogens is 425 g/mol. The fourth-order valence-corrected chi connectivity index (χ4v) is 3.14. The van der Waals surface area contributed by atoms with E-state index in [2.05, 4.69) is 20.3 Å². The van der Waals surface area contributed by atoms with Gasteiger partial charge in [-0.05, 0) is 13.3 Å². The lowest BCUT2D eigenvalue weighted by Gasteiger charge is -2.45. The maximum atomic E-state index is 14.9. The van der Waals surface area contributed by atoms with Gasteiger partial charge in [0.1, 0.15) is 19.7 Å². The molecule has 1 heterocycles. The number of hydrogen-bond acceptors (Lipinski definition) is 6. The first-order chi connectivity index (χ1) is 14.0. The Labute approximate surface area is 177 Å². The van der Waals surface area contributed by atoms with E-state index in [4.69, 9.17) is 23.5 Å². The molecule has 3 rings (SSSR count). The number of alkyl halides is 5. The Morgan fingerprint density at radius 1 is 1.10 bits per heavy atom. The Morgan fingerprint density at radius 3 is 2.23 bits per heavy atom. The summed E-state index contributed by atoms with van der Waals surface area (Å²) in [7, 11) is 16.8. The van der Waals surface area contributed by atoms with Crippen molar-refractivity contribution in [1.82, 2.24) is 15.0 Å². The second-order valence-electron chi connectivity index (χ2n) is 7.92. The second kappa shape index (κ2) is 7.59. The third-order valence-electron chi connectivity index (χ3n) is 5.26. The summed E-state index contributed by atoms with van der Waals surface area (Å²) in [5, 5.41) is 12.8. The molecule has 1 aromatic rings. The summed E-state index contributed by atoms with van der Waals surface area (Å²) >= 11 is 0. The Kier molecular flexibility index (Phi) is 5.82. The Morgan fingerprint density at radius 2 is 1.68 bits per heavy atom. The first kappa shape index (κ1) is 23.7. The van der Waals surface area contributed by atoms with Crippen LogP contribution < -0.4 is 10.6 Å². The maximum Gasteiger partial charge on any atom is 0.408 e. The topological polar surface area (TPSA) is 83.0 Å². The van der Waals surface area contributed by atoms with Crippen molar-refractivity contribution in [2.24, 2.45) is 0 Å². The van der Waals surface area contributed by atoms with Gasteiger partial charge in [0.15, 0.2) is 5.82 Å². The van der Waals surface area contributed by atoms with E-state index in [1.165, 1.54) is 0 Å². The molecular formula is C16H16B3F6N5O. The Bertz CT molecular complexity index is 887. The smallest absolute Gasteiger partial charge is 0.394 e. The van der Waals surface area contributed by atoms with Gasteiger partial charge in [0.05, 0.1) is 21.2 Å². The predicted octanol–water partition coefficient (Wildman–Crippen LogP) is 2.23. The van der Waals surface area contributed by atoms with E-state index in [0.717, 1.165) is 6.92 Å². The highest BCUT2D eigenvalue weighted by molar-refractivity contribution is 6.45. The number of rotatable bonds is 5. The molecule has 3 N–H and O–H groups in total. The Balaban J connectivity index is 1.99. The molecule has 1 fully saturated rings. The molecule has 31 heavy (non-hydrogen) atoms. The van der Waals surface area contributed by atoms with Gasteiger partial charge in [-0.1, -0.05) is 11.6 Å². The number of anilines is 2. The van der Waals surface area contributed by atoms with E-state index in [9.17, 15) is 31.4 Å². The van der Waals surface area contributed by atoms with Crippen molar-refractivity contribution in [3.63, 3.8) is 0 Å². The molecule has 0 aliphatic heterocycles. The van der Waals surface area contributed by atoms with Crippen molar-refractivity contribution in [3.05, 3.63) is 11.7 Å². The normalized spacial score (nSPS) is 26.8. The van der Waals surface area contributed by atoms with Crippen LogP contribution >= 0.6 is 0 Å². The van der Waals surface area contributed by atoms with Crippen LogP contribution in [-0.4, -0.2) is 73.3 Å². The standard InChI is InChI=1S/C16H16B3F6N5O/c1-6(16(23,24)25)26-11-28-10(8-2-3-14(17,18)15(19,31)9(8)20)29-12(30-11)27-7-4-13(21,22)5-7/h6-7,31H,2-5H2,1H3,(H2,26,27,28,29,30)/t6-,15?/m0/s1. The minimum absolute atomic E-state index is 0.197. The zero-order valence-corrected chi connectivity index (χ0v) is 16.3. The Hall–Kier alpha value is -1.92. The largest absolute Gasteiger partial charge is 0.408 e. The average molecular weight is 441 g/mol. The van der Waals surface area contributed by atoms with Gasteiger partial charge < -0.3 is 15.7 Å². The van der Waals surface area contributed by atoms with Gasteiger partial charge in [0.2, 0.25) is 11.9 Å². The van der Waals surface area contributed by atoms with Crippen LogP contribution in [0.1, 0.15) is 38.4 Å². The monoisotopic (exact) mass is 441 g/mol. The minimum atomic E-state index is -4.65. The van der Waals surface area contributed by atoms with Crippen LogP contribution in [0, 0.1) is 0 Å². The van der Waals surface area contributed by atoms with Crippen LogP contribution in [-0.2, 0) is 0 Å². The maximum absolute atomic E-state index is 14.9. The van der Waals surface area contributed by atoms with Crippen LogP contribution in [0.25, 0.3) is 5.57 Å². The summed E-state index contributed by atoms with van der Waals surface area (Å²) < 4.78 is 79.8. The molecule has 1 saturated carbocycles. The summed E-state index contributed by atoms with van der Waals surface area (Å²) in [4.78, 5) is 11.5. The van der Waals surface area contributed by atoms with Gasteiger partial charge >= 0.3 is 6.18 Å². The van der Waals surface area contributed by atoms with Gasteiger partial charge in [-0.3, -0.25) is 0 Å². The summed E-state index contributed by atoms with van der Waals surface area (Å²) in [5.41, 5.74) is -3.13. The summed E-state index contributed by atoms with van der Waals surface area (Å²) in [5.74, 6) is -5.61. The third-order valence-corrected chi connectivity index (χ3v) is 5.26. The summed E-state index contributed by atoms with van der Waals surface area (Å²) in [6.07, 6.45) is -6.11. The number of aromatic nitrogens is 3. The molecule has 162 valence electrons. The van der Waals surface area contributed by atoms with Crippen LogP contribution in [0.5, 0.6) is 0 Å². The van der Waals surface area contributed by atoms with Crippen molar-refractivity contribution < 1.29 is 31.4 Å². The highest BCUT2D eigenvalue weighted by Crippen LogP contribution is 2.49. The van der Waals surface area contributed by atoms with Crippen LogP contribution in [0.4, 0.5) is 38.2 Å². The zero-order valence-electron chi connectivity index (χ0n) is 16.3. The molecule has 15 heteroatoms. The second-order valence-corrected chi connectivity index (χ2v) is 7.92. The minimum Gasteiger partial charge on any atom is -0.394 e. The number of halogens is 6. The summed E-state index contributed by atoms with van der Waals surface area (Å²) in [6.45, 7) is 0.805. The third kappa shape index (κ3) is 4.80. The highest BCUT2D eigenvalue weighted by atomic mass is 19.4. The molecule has 6 nitrogen and oxygen atoms in total.